The van der Waals surface area contributed by atoms with Crippen molar-refractivity contribution in [3.8, 4) is 11.5 Å². The maximum absolute atomic E-state index is 12.5. The second-order valence-corrected chi connectivity index (χ2v) is 5.50. The molecule has 0 spiro atoms. The van der Waals surface area contributed by atoms with Gasteiger partial charge in [0.05, 0.1) is 19.7 Å². The molecule has 0 bridgehead atoms. The third-order valence-electron chi connectivity index (χ3n) is 3.97. The summed E-state index contributed by atoms with van der Waals surface area (Å²) < 4.78 is 12.3. The summed E-state index contributed by atoms with van der Waals surface area (Å²) in [6, 6.07) is 4.32. The Morgan fingerprint density at radius 1 is 1.25 bits per heavy atom. The van der Waals surface area contributed by atoms with Gasteiger partial charge in [0.15, 0.2) is 0 Å². The fourth-order valence-corrected chi connectivity index (χ4v) is 2.66. The summed E-state index contributed by atoms with van der Waals surface area (Å²) in [4.78, 5) is 23.8. The molecule has 2 N–H and O–H groups in total. The van der Waals surface area contributed by atoms with Gasteiger partial charge >= 0.3 is 5.97 Å². The van der Waals surface area contributed by atoms with Gasteiger partial charge in [0, 0.05) is 24.6 Å². The van der Waals surface area contributed by atoms with Crippen LogP contribution in [0, 0.1) is 0 Å². The molecule has 0 saturated carbocycles. The van der Waals surface area contributed by atoms with E-state index in [0.29, 0.717) is 30.0 Å². The second-order valence-electron chi connectivity index (χ2n) is 5.50. The number of hydrogen-bond donors (Lipinski definition) is 2. The van der Waals surface area contributed by atoms with E-state index < -0.39 is 17.9 Å². The number of carbonyl (C=O) groups is 2. The molecule has 24 heavy (non-hydrogen) atoms. The minimum Gasteiger partial charge on any atom is -0.497 e. The van der Waals surface area contributed by atoms with E-state index >= 15 is 0 Å². The van der Waals surface area contributed by atoms with Crippen LogP contribution in [-0.4, -0.2) is 41.8 Å². The predicted molar refractivity (Wildman–Crippen MR) is 89.8 cm³/mol. The Hall–Kier alpha value is -2.70. The Morgan fingerprint density at radius 3 is 2.50 bits per heavy atom. The third-order valence-corrected chi connectivity index (χ3v) is 3.97. The molecule has 0 fully saturated rings. The molecule has 2 aromatic rings. The number of hydrogen-bond acceptors (Lipinski definition) is 4. The average Bonchev–Trinajstić information content (AvgIpc) is 2.90. The Kier molecular flexibility index (Phi) is 5.33. The molecule has 1 amide bonds. The number of nitrogens with one attached hydrogen (secondary N) is 1. The van der Waals surface area contributed by atoms with Gasteiger partial charge in [-0.2, -0.15) is 0 Å². The monoisotopic (exact) mass is 334 g/mol. The number of carboxylic acids is 1. The first-order valence-electron chi connectivity index (χ1n) is 7.68. The van der Waals surface area contributed by atoms with Crippen molar-refractivity contribution in [3.05, 3.63) is 23.9 Å². The summed E-state index contributed by atoms with van der Waals surface area (Å²) in [7, 11) is 4.84. The highest BCUT2D eigenvalue weighted by Gasteiger charge is 2.23. The lowest BCUT2D eigenvalue weighted by molar-refractivity contribution is -0.139. The van der Waals surface area contributed by atoms with Crippen molar-refractivity contribution >= 4 is 22.8 Å². The van der Waals surface area contributed by atoms with E-state index in [1.807, 2.05) is 6.92 Å². The maximum atomic E-state index is 12.5. The van der Waals surface area contributed by atoms with Crippen molar-refractivity contribution in [3.63, 3.8) is 0 Å². The van der Waals surface area contributed by atoms with Crippen LogP contribution in [0.3, 0.4) is 0 Å². The van der Waals surface area contributed by atoms with Crippen LogP contribution >= 0.6 is 0 Å². The number of methoxy groups -OCH3 is 2. The van der Waals surface area contributed by atoms with Gasteiger partial charge in [-0.05, 0) is 12.5 Å². The van der Waals surface area contributed by atoms with Gasteiger partial charge in [-0.1, -0.05) is 13.3 Å². The molecule has 7 nitrogen and oxygen atoms in total. The number of carboxylic acid groups (broad SMARTS) is 1. The highest BCUT2D eigenvalue weighted by Crippen LogP contribution is 2.33. The van der Waals surface area contributed by atoms with E-state index in [1.54, 1.807) is 44.0 Å². The zero-order chi connectivity index (χ0) is 17.9. The molecular formula is C17H22N2O5. The lowest BCUT2D eigenvalue weighted by Gasteiger charge is -2.13. The molecule has 1 heterocycles. The van der Waals surface area contributed by atoms with Crippen LogP contribution in [0.2, 0.25) is 0 Å². The van der Waals surface area contributed by atoms with E-state index in [9.17, 15) is 14.7 Å². The number of benzene rings is 1. The molecule has 1 atom stereocenters. The van der Waals surface area contributed by atoms with Gasteiger partial charge in [0.25, 0.3) is 5.91 Å². The molecule has 7 heteroatoms. The Morgan fingerprint density at radius 2 is 1.96 bits per heavy atom. The predicted octanol–water partition coefficient (Wildman–Crippen LogP) is 2.18. The van der Waals surface area contributed by atoms with Gasteiger partial charge in [0.2, 0.25) is 0 Å². The first-order chi connectivity index (χ1) is 11.4. The van der Waals surface area contributed by atoms with Crippen molar-refractivity contribution in [2.24, 2.45) is 7.05 Å². The van der Waals surface area contributed by atoms with Crippen molar-refractivity contribution in [2.45, 2.75) is 25.8 Å². The summed E-state index contributed by atoms with van der Waals surface area (Å²) >= 11 is 0. The van der Waals surface area contributed by atoms with E-state index in [2.05, 4.69) is 5.32 Å². The van der Waals surface area contributed by atoms with Crippen molar-refractivity contribution < 1.29 is 24.2 Å². The lowest BCUT2D eigenvalue weighted by Crippen LogP contribution is -2.41. The number of rotatable bonds is 7. The summed E-state index contributed by atoms with van der Waals surface area (Å²) in [5.74, 6) is -0.275. The highest BCUT2D eigenvalue weighted by molar-refractivity contribution is 6.02. The van der Waals surface area contributed by atoms with Crippen molar-refractivity contribution in [1.29, 1.82) is 0 Å². The van der Waals surface area contributed by atoms with Crippen LogP contribution in [-0.2, 0) is 11.8 Å². The van der Waals surface area contributed by atoms with Gasteiger partial charge < -0.3 is 24.5 Å². The number of nitrogens with zero attached hydrogens (tertiary/aromatic N) is 1. The highest BCUT2D eigenvalue weighted by atomic mass is 16.5. The molecule has 0 unspecified atom stereocenters. The number of ether oxygens (including phenoxy) is 2. The molecular weight excluding hydrogens is 312 g/mol. The van der Waals surface area contributed by atoms with E-state index in [4.69, 9.17) is 9.47 Å². The number of aryl methyl sites for hydroxylation is 1. The molecule has 2 rings (SSSR count). The second kappa shape index (κ2) is 7.25. The maximum Gasteiger partial charge on any atom is 0.326 e. The number of carbonyl (C=O) groups excluding carboxylic acids is 1. The molecule has 0 radical (unpaired) electrons. The molecule has 0 aliphatic carbocycles. The SMILES string of the molecule is CCC[C@@H](NC(=O)c1cc2c(OC)cc(OC)cc2n1C)C(=O)O. The summed E-state index contributed by atoms with van der Waals surface area (Å²) in [6.45, 7) is 1.87. The smallest absolute Gasteiger partial charge is 0.326 e. The van der Waals surface area contributed by atoms with Crippen LogP contribution in [0.4, 0.5) is 0 Å². The minimum atomic E-state index is -1.04. The fraction of sp³-hybridized carbons (Fsp3) is 0.412. The fourth-order valence-electron chi connectivity index (χ4n) is 2.66. The number of fused-ring (bicyclic) bond motifs is 1. The minimum absolute atomic E-state index is 0.360. The van der Waals surface area contributed by atoms with Gasteiger partial charge in [0.1, 0.15) is 23.2 Å². The van der Waals surface area contributed by atoms with E-state index in [1.165, 1.54) is 0 Å². The van der Waals surface area contributed by atoms with E-state index in [-0.39, 0.29) is 0 Å². The normalized spacial score (nSPS) is 12.0. The number of aliphatic carboxylic acids is 1. The average molecular weight is 334 g/mol. The molecule has 0 saturated heterocycles. The summed E-state index contributed by atoms with van der Waals surface area (Å²) in [5, 5.41) is 12.5. The van der Waals surface area contributed by atoms with Crippen LogP contribution in [0.5, 0.6) is 11.5 Å². The summed E-state index contributed by atoms with van der Waals surface area (Å²) in [5.41, 5.74) is 1.12. The van der Waals surface area contributed by atoms with Crippen LogP contribution < -0.4 is 14.8 Å². The summed E-state index contributed by atoms with van der Waals surface area (Å²) in [6.07, 6.45) is 1.04. The quantitative estimate of drug-likeness (QED) is 0.810. The van der Waals surface area contributed by atoms with E-state index in [0.717, 1.165) is 10.9 Å². The standard InChI is InChI=1S/C17H22N2O5/c1-5-6-12(17(21)22)18-16(20)14-9-11-13(19(14)2)7-10(23-3)8-15(11)24-4/h7-9,12H,5-6H2,1-4H3,(H,18,20)(H,21,22)/t12-/m1/s1. The van der Waals surface area contributed by atoms with Crippen molar-refractivity contribution in [2.75, 3.05) is 14.2 Å². The molecule has 1 aromatic heterocycles. The Labute approximate surface area is 140 Å². The van der Waals surface area contributed by atoms with Gasteiger partial charge in [-0.25, -0.2) is 4.79 Å². The zero-order valence-electron chi connectivity index (χ0n) is 14.3. The number of amides is 1. The molecule has 1 aromatic carbocycles. The Bertz CT molecular complexity index is 766. The molecule has 0 aliphatic heterocycles. The molecule has 130 valence electrons. The van der Waals surface area contributed by atoms with Crippen LogP contribution in [0.15, 0.2) is 18.2 Å². The third kappa shape index (κ3) is 3.29. The van der Waals surface area contributed by atoms with Gasteiger partial charge in [-0.3, -0.25) is 4.79 Å². The molecule has 0 aliphatic rings. The first kappa shape index (κ1) is 17.7. The topological polar surface area (TPSA) is 89.8 Å². The zero-order valence-corrected chi connectivity index (χ0v) is 14.3. The van der Waals surface area contributed by atoms with Crippen LogP contribution in [0.1, 0.15) is 30.3 Å². The Balaban J connectivity index is 2.43. The van der Waals surface area contributed by atoms with Crippen LogP contribution in [0.25, 0.3) is 10.9 Å². The first-order valence-corrected chi connectivity index (χ1v) is 7.68. The number of aromatic nitrogens is 1. The lowest BCUT2D eigenvalue weighted by atomic mass is 10.1. The largest absolute Gasteiger partial charge is 0.497 e. The van der Waals surface area contributed by atoms with Crippen molar-refractivity contribution in [1.82, 2.24) is 9.88 Å². The van der Waals surface area contributed by atoms with Gasteiger partial charge in [-0.15, -0.1) is 0 Å².